The van der Waals surface area contributed by atoms with Crippen LogP contribution < -0.4 is 0 Å². The SMILES string of the molecule is CC1(C)CC(=O)c2ccsc2S1. The average Bonchev–Trinajstić information content (AvgIpc) is 2.31. The maximum atomic E-state index is 11.6. The van der Waals surface area contributed by atoms with E-state index >= 15 is 0 Å². The highest BCUT2D eigenvalue weighted by Crippen LogP contribution is 2.45. The molecule has 0 saturated carbocycles. The second-order valence-electron chi connectivity index (χ2n) is 3.58. The van der Waals surface area contributed by atoms with Gasteiger partial charge in [-0.25, -0.2) is 0 Å². The Morgan fingerprint density at radius 2 is 2.25 bits per heavy atom. The summed E-state index contributed by atoms with van der Waals surface area (Å²) in [6.07, 6.45) is 0.668. The van der Waals surface area contributed by atoms with Crippen LogP contribution in [0.1, 0.15) is 30.6 Å². The van der Waals surface area contributed by atoms with Crippen molar-refractivity contribution in [2.75, 3.05) is 0 Å². The number of thiophene rings is 1. The largest absolute Gasteiger partial charge is 0.294 e. The van der Waals surface area contributed by atoms with E-state index in [1.807, 2.05) is 23.2 Å². The summed E-state index contributed by atoms with van der Waals surface area (Å²) in [5.74, 6) is 0.301. The molecule has 1 aromatic rings. The second kappa shape index (κ2) is 2.60. The van der Waals surface area contributed by atoms with Gasteiger partial charge >= 0.3 is 0 Å². The van der Waals surface area contributed by atoms with Gasteiger partial charge in [0.15, 0.2) is 5.78 Å². The Morgan fingerprint density at radius 1 is 1.50 bits per heavy atom. The molecule has 0 bridgehead atoms. The molecule has 0 radical (unpaired) electrons. The number of carbonyl (C=O) groups excluding carboxylic acids is 1. The molecule has 0 aromatic carbocycles. The molecule has 2 heterocycles. The number of hydrogen-bond acceptors (Lipinski definition) is 3. The molecular formula is C9H10OS2. The van der Waals surface area contributed by atoms with Crippen LogP contribution >= 0.6 is 23.1 Å². The summed E-state index contributed by atoms with van der Waals surface area (Å²) in [5, 5.41) is 2.00. The Bertz CT molecular complexity index is 325. The molecule has 2 rings (SSSR count). The van der Waals surface area contributed by atoms with Crippen molar-refractivity contribution in [3.05, 3.63) is 17.0 Å². The predicted octanol–water partition coefficient (Wildman–Crippen LogP) is 3.21. The van der Waals surface area contributed by atoms with Crippen molar-refractivity contribution in [3.63, 3.8) is 0 Å². The van der Waals surface area contributed by atoms with Gasteiger partial charge in [0.25, 0.3) is 0 Å². The fraction of sp³-hybridized carbons (Fsp3) is 0.444. The van der Waals surface area contributed by atoms with Crippen molar-refractivity contribution in [3.8, 4) is 0 Å². The Morgan fingerprint density at radius 3 is 3.00 bits per heavy atom. The Kier molecular flexibility index (Phi) is 1.81. The van der Waals surface area contributed by atoms with Gasteiger partial charge in [-0.3, -0.25) is 4.79 Å². The number of carbonyl (C=O) groups is 1. The molecule has 12 heavy (non-hydrogen) atoms. The van der Waals surface area contributed by atoms with E-state index in [1.165, 1.54) is 4.21 Å². The molecule has 64 valence electrons. The van der Waals surface area contributed by atoms with Gasteiger partial charge in [-0.15, -0.1) is 23.1 Å². The average molecular weight is 198 g/mol. The lowest BCUT2D eigenvalue weighted by Gasteiger charge is -2.26. The highest BCUT2D eigenvalue weighted by atomic mass is 32.2. The molecule has 0 N–H and O–H groups in total. The van der Waals surface area contributed by atoms with Crippen LogP contribution in [0.5, 0.6) is 0 Å². The Hall–Kier alpha value is -0.280. The highest BCUT2D eigenvalue weighted by Gasteiger charge is 2.32. The van der Waals surface area contributed by atoms with Crippen molar-refractivity contribution in [1.29, 1.82) is 0 Å². The van der Waals surface area contributed by atoms with Crippen LogP contribution in [0.4, 0.5) is 0 Å². The molecule has 0 fully saturated rings. The summed E-state index contributed by atoms with van der Waals surface area (Å²) < 4.78 is 1.28. The second-order valence-corrected chi connectivity index (χ2v) is 6.48. The van der Waals surface area contributed by atoms with Gasteiger partial charge in [0, 0.05) is 16.7 Å². The maximum absolute atomic E-state index is 11.6. The van der Waals surface area contributed by atoms with Gasteiger partial charge in [-0.1, -0.05) is 0 Å². The molecule has 3 heteroatoms. The van der Waals surface area contributed by atoms with Crippen molar-refractivity contribution in [1.82, 2.24) is 0 Å². The van der Waals surface area contributed by atoms with Gasteiger partial charge in [-0.2, -0.15) is 0 Å². The third-order valence-corrected chi connectivity index (χ3v) is 4.23. The van der Waals surface area contributed by atoms with E-state index in [9.17, 15) is 4.79 Å². The summed E-state index contributed by atoms with van der Waals surface area (Å²) in [6, 6.07) is 1.94. The van der Waals surface area contributed by atoms with Crippen LogP contribution in [-0.4, -0.2) is 10.5 Å². The van der Waals surface area contributed by atoms with Gasteiger partial charge in [0.2, 0.25) is 0 Å². The smallest absolute Gasteiger partial charge is 0.166 e. The maximum Gasteiger partial charge on any atom is 0.166 e. The van der Waals surface area contributed by atoms with Crippen LogP contribution in [0.2, 0.25) is 0 Å². The molecule has 0 atom stereocenters. The van der Waals surface area contributed by atoms with Crippen molar-refractivity contribution < 1.29 is 4.79 Å². The third-order valence-electron chi connectivity index (χ3n) is 1.89. The van der Waals surface area contributed by atoms with Gasteiger partial charge in [0.05, 0.1) is 4.21 Å². The van der Waals surface area contributed by atoms with Crippen molar-refractivity contribution >= 4 is 28.9 Å². The topological polar surface area (TPSA) is 17.1 Å². The fourth-order valence-electron chi connectivity index (χ4n) is 1.35. The number of ketones is 1. The standard InChI is InChI=1S/C9H10OS2/c1-9(2)5-7(10)6-3-4-11-8(6)12-9/h3-4H,5H2,1-2H3. The first kappa shape index (κ1) is 8.32. The summed E-state index contributed by atoms with van der Waals surface area (Å²) in [7, 11) is 0. The molecule has 0 amide bonds. The van der Waals surface area contributed by atoms with E-state index in [0.717, 1.165) is 5.56 Å². The van der Waals surface area contributed by atoms with Gasteiger partial charge in [0.1, 0.15) is 0 Å². The zero-order valence-corrected chi connectivity index (χ0v) is 8.72. The Labute approximate surface area is 80.2 Å². The number of rotatable bonds is 0. The Balaban J connectivity index is 2.45. The summed E-state index contributed by atoms with van der Waals surface area (Å²) >= 11 is 3.50. The molecule has 1 aromatic heterocycles. The molecule has 1 aliphatic heterocycles. The molecule has 0 unspecified atom stereocenters. The van der Waals surface area contributed by atoms with Crippen LogP contribution in [0.15, 0.2) is 15.7 Å². The molecular weight excluding hydrogens is 188 g/mol. The van der Waals surface area contributed by atoms with Crippen LogP contribution in [0.3, 0.4) is 0 Å². The van der Waals surface area contributed by atoms with E-state index in [-0.39, 0.29) is 4.75 Å². The van der Waals surface area contributed by atoms with Crippen LogP contribution in [0.25, 0.3) is 0 Å². The van der Waals surface area contributed by atoms with E-state index in [4.69, 9.17) is 0 Å². The first-order valence-corrected chi connectivity index (χ1v) is 5.58. The minimum absolute atomic E-state index is 0.0922. The van der Waals surface area contributed by atoms with Gasteiger partial charge < -0.3 is 0 Å². The van der Waals surface area contributed by atoms with E-state index in [2.05, 4.69) is 13.8 Å². The zero-order valence-electron chi connectivity index (χ0n) is 7.09. The monoisotopic (exact) mass is 198 g/mol. The minimum atomic E-state index is 0.0922. The molecule has 0 saturated heterocycles. The van der Waals surface area contributed by atoms with Crippen molar-refractivity contribution in [2.45, 2.75) is 29.2 Å². The van der Waals surface area contributed by atoms with Gasteiger partial charge in [-0.05, 0) is 25.3 Å². The molecule has 1 nitrogen and oxygen atoms in total. The zero-order chi connectivity index (χ0) is 8.77. The number of Topliss-reactive ketones (excluding diaryl/α,β-unsaturated/α-hetero) is 1. The summed E-state index contributed by atoms with van der Waals surface area (Å²) in [6.45, 7) is 4.25. The molecule has 0 spiro atoms. The number of fused-ring (bicyclic) bond motifs is 1. The minimum Gasteiger partial charge on any atom is -0.294 e. The highest BCUT2D eigenvalue weighted by molar-refractivity contribution is 8.02. The number of thioether (sulfide) groups is 1. The summed E-state index contributed by atoms with van der Waals surface area (Å²) in [4.78, 5) is 11.6. The molecule has 1 aliphatic rings. The summed E-state index contributed by atoms with van der Waals surface area (Å²) in [5.41, 5.74) is 0.935. The number of hydrogen-bond donors (Lipinski definition) is 0. The first-order chi connectivity index (χ1) is 5.58. The lowest BCUT2D eigenvalue weighted by atomic mass is 10.0. The van der Waals surface area contributed by atoms with E-state index in [1.54, 1.807) is 11.3 Å². The fourth-order valence-corrected chi connectivity index (χ4v) is 4.02. The first-order valence-electron chi connectivity index (χ1n) is 3.88. The van der Waals surface area contributed by atoms with E-state index < -0.39 is 0 Å². The van der Waals surface area contributed by atoms with Crippen molar-refractivity contribution in [2.24, 2.45) is 0 Å². The third kappa shape index (κ3) is 1.31. The van der Waals surface area contributed by atoms with Crippen LogP contribution in [0, 0.1) is 0 Å². The predicted molar refractivity (Wildman–Crippen MR) is 53.2 cm³/mol. The van der Waals surface area contributed by atoms with E-state index in [0.29, 0.717) is 12.2 Å². The lowest BCUT2D eigenvalue weighted by molar-refractivity contribution is 0.0968. The lowest BCUT2D eigenvalue weighted by Crippen LogP contribution is -2.24. The quantitative estimate of drug-likeness (QED) is 0.636. The molecule has 0 aliphatic carbocycles. The normalized spacial score (nSPS) is 20.7. The van der Waals surface area contributed by atoms with Crippen LogP contribution in [-0.2, 0) is 0 Å².